The minimum absolute atomic E-state index is 1.21. The Morgan fingerprint density at radius 1 is 0.129 bits per heavy atom. The van der Waals surface area contributed by atoms with Crippen molar-refractivity contribution in [1.29, 1.82) is 0 Å². The Hall–Kier alpha value is -8.06. The van der Waals surface area contributed by atoms with E-state index in [1.165, 1.54) is 121 Å². The Morgan fingerprint density at radius 3 is 0.758 bits per heavy atom. The van der Waals surface area contributed by atoms with Crippen LogP contribution < -0.4 is 0 Å². The molecule has 288 valence electrons. The van der Waals surface area contributed by atoms with Gasteiger partial charge in [-0.15, -0.1) is 0 Å². The van der Waals surface area contributed by atoms with Crippen LogP contribution in [0.25, 0.3) is 121 Å². The van der Waals surface area contributed by atoms with E-state index in [1.54, 1.807) is 0 Å². The van der Waals surface area contributed by atoms with Crippen molar-refractivity contribution in [2.24, 2.45) is 0 Å². The molecule has 0 fully saturated rings. The van der Waals surface area contributed by atoms with Crippen molar-refractivity contribution in [2.75, 3.05) is 0 Å². The molecule has 12 aromatic rings. The molecule has 0 N–H and O–H groups in total. The van der Waals surface area contributed by atoms with Crippen molar-refractivity contribution in [3.63, 3.8) is 0 Å². The highest BCUT2D eigenvalue weighted by molar-refractivity contribution is 6.39. The molecular formula is C62H40. The molecule has 62 heavy (non-hydrogen) atoms. The first-order chi connectivity index (χ1) is 30.7. The average Bonchev–Trinajstić information content (AvgIpc) is 3.36. The molecule has 0 nitrogen and oxygen atoms in total. The molecule has 0 heterocycles. The zero-order chi connectivity index (χ0) is 41.0. The van der Waals surface area contributed by atoms with Crippen LogP contribution >= 0.6 is 0 Å². The van der Waals surface area contributed by atoms with Gasteiger partial charge in [0.25, 0.3) is 0 Å². The second-order valence-corrected chi connectivity index (χ2v) is 16.4. The van der Waals surface area contributed by atoms with Gasteiger partial charge in [0.1, 0.15) is 0 Å². The zero-order valence-electron chi connectivity index (χ0n) is 34.1. The van der Waals surface area contributed by atoms with Crippen molar-refractivity contribution < 1.29 is 0 Å². The molecule has 0 saturated carbocycles. The third-order valence-electron chi connectivity index (χ3n) is 12.8. The summed E-state index contributed by atoms with van der Waals surface area (Å²) in [6.07, 6.45) is 0. The minimum Gasteiger partial charge on any atom is -0.0622 e. The van der Waals surface area contributed by atoms with Crippen LogP contribution in [0.1, 0.15) is 0 Å². The normalized spacial score (nSPS) is 11.5. The smallest absolute Gasteiger partial charge is 0.00137 e. The highest BCUT2D eigenvalue weighted by atomic mass is 14.2. The average molecular weight is 785 g/mol. The first kappa shape index (κ1) is 35.8. The first-order valence-electron chi connectivity index (χ1n) is 21.5. The van der Waals surface area contributed by atoms with E-state index >= 15 is 0 Å². The van der Waals surface area contributed by atoms with Crippen molar-refractivity contribution in [2.45, 2.75) is 0 Å². The molecule has 0 amide bonds. The van der Waals surface area contributed by atoms with E-state index in [2.05, 4.69) is 243 Å². The van der Waals surface area contributed by atoms with E-state index < -0.39 is 0 Å². The summed E-state index contributed by atoms with van der Waals surface area (Å²) in [5.41, 5.74) is 14.6. The monoisotopic (exact) mass is 784 g/mol. The molecular weight excluding hydrogens is 745 g/mol. The van der Waals surface area contributed by atoms with Gasteiger partial charge in [-0.25, -0.2) is 0 Å². The van der Waals surface area contributed by atoms with Crippen molar-refractivity contribution in [1.82, 2.24) is 0 Å². The summed E-state index contributed by atoms with van der Waals surface area (Å²) < 4.78 is 0. The van der Waals surface area contributed by atoms with Crippen LogP contribution in [0.3, 0.4) is 0 Å². The van der Waals surface area contributed by atoms with Gasteiger partial charge in [0.15, 0.2) is 0 Å². The van der Waals surface area contributed by atoms with Gasteiger partial charge in [0.05, 0.1) is 0 Å². The van der Waals surface area contributed by atoms with Crippen LogP contribution in [0.4, 0.5) is 0 Å². The van der Waals surface area contributed by atoms with E-state index in [0.29, 0.717) is 0 Å². The molecule has 0 aromatic heterocycles. The van der Waals surface area contributed by atoms with Crippen molar-refractivity contribution in [3.8, 4) is 66.8 Å². The van der Waals surface area contributed by atoms with Gasteiger partial charge in [0, 0.05) is 0 Å². The van der Waals surface area contributed by atoms with Crippen LogP contribution in [0.15, 0.2) is 243 Å². The first-order valence-corrected chi connectivity index (χ1v) is 21.5. The SMILES string of the molecule is c1ccc(-c2ccc(-c3cccc(-c4ccc5c6ccccc6c6c7cc(-c8cccc(-c9ccc(-c%10ccccc%10)cc9)c8)ccc7c7ccccc7c6c5c4)c3)cc2)cc1. The molecule has 0 aliphatic carbocycles. The standard InChI is InChI=1S/C62H40/c1-3-13-41(14-4-1)43-25-29-45(30-26-43)47-17-11-19-49(37-47)51-33-35-55-53-21-7-10-24-58(53)62-60-40-52(34-36-56(60)54-22-8-9-23-57(54)61(62)59(55)39-51)50-20-12-18-48(38-50)46-31-27-44(28-32-46)42-15-5-2-6-16-42/h1-40H. The Bertz CT molecular complexity index is 3390. The maximum atomic E-state index is 2.44. The fourth-order valence-electron chi connectivity index (χ4n) is 9.76. The summed E-state index contributed by atoms with van der Waals surface area (Å²) in [6.45, 7) is 0. The lowest BCUT2D eigenvalue weighted by molar-refractivity contribution is 1.58. The summed E-state index contributed by atoms with van der Waals surface area (Å²) >= 11 is 0. The Labute approximate surface area is 361 Å². The van der Waals surface area contributed by atoms with Crippen molar-refractivity contribution >= 4 is 53.9 Å². The quantitative estimate of drug-likeness (QED) is 0.147. The van der Waals surface area contributed by atoms with E-state index in [1.807, 2.05) is 0 Å². The lowest BCUT2D eigenvalue weighted by atomic mass is 9.85. The lowest BCUT2D eigenvalue weighted by Crippen LogP contribution is -1.90. The molecule has 0 aliphatic heterocycles. The van der Waals surface area contributed by atoms with Gasteiger partial charge in [0.2, 0.25) is 0 Å². The molecule has 0 atom stereocenters. The molecule has 0 saturated heterocycles. The minimum atomic E-state index is 1.21. The molecule has 0 unspecified atom stereocenters. The third kappa shape index (κ3) is 6.16. The highest BCUT2D eigenvalue weighted by Crippen LogP contribution is 2.46. The molecule has 0 bridgehead atoms. The van der Waals surface area contributed by atoms with Crippen LogP contribution in [0.2, 0.25) is 0 Å². The highest BCUT2D eigenvalue weighted by Gasteiger charge is 2.18. The van der Waals surface area contributed by atoms with E-state index in [4.69, 9.17) is 0 Å². The van der Waals surface area contributed by atoms with E-state index in [-0.39, 0.29) is 0 Å². The fraction of sp³-hybridized carbons (Fsp3) is 0. The molecule has 0 aliphatic rings. The second-order valence-electron chi connectivity index (χ2n) is 16.4. The van der Waals surface area contributed by atoms with Crippen LogP contribution in [0.5, 0.6) is 0 Å². The van der Waals surface area contributed by atoms with Gasteiger partial charge in [-0.05, 0) is 145 Å². The second kappa shape index (κ2) is 14.9. The summed E-state index contributed by atoms with van der Waals surface area (Å²) in [6, 6.07) is 89.2. The van der Waals surface area contributed by atoms with Crippen LogP contribution in [-0.4, -0.2) is 0 Å². The summed E-state index contributed by atoms with van der Waals surface area (Å²) in [4.78, 5) is 0. The number of hydrogen-bond acceptors (Lipinski definition) is 0. The maximum absolute atomic E-state index is 2.44. The number of hydrogen-bond donors (Lipinski definition) is 0. The number of rotatable bonds is 6. The topological polar surface area (TPSA) is 0 Å². The largest absolute Gasteiger partial charge is 0.0622 e. The lowest BCUT2D eigenvalue weighted by Gasteiger charge is -2.18. The van der Waals surface area contributed by atoms with Gasteiger partial charge < -0.3 is 0 Å². The van der Waals surface area contributed by atoms with Crippen LogP contribution in [-0.2, 0) is 0 Å². The van der Waals surface area contributed by atoms with E-state index in [0.717, 1.165) is 0 Å². The molecule has 0 radical (unpaired) electrons. The van der Waals surface area contributed by atoms with Gasteiger partial charge >= 0.3 is 0 Å². The predicted octanol–water partition coefficient (Wildman–Crippen LogP) is 17.5. The molecule has 0 heteroatoms. The van der Waals surface area contributed by atoms with Crippen molar-refractivity contribution in [3.05, 3.63) is 243 Å². The van der Waals surface area contributed by atoms with E-state index in [9.17, 15) is 0 Å². The van der Waals surface area contributed by atoms with Gasteiger partial charge in [-0.2, -0.15) is 0 Å². The number of benzene rings is 12. The molecule has 12 aromatic carbocycles. The Kier molecular flexibility index (Phi) is 8.61. The van der Waals surface area contributed by atoms with Gasteiger partial charge in [-0.3, -0.25) is 0 Å². The summed E-state index contributed by atoms with van der Waals surface area (Å²) in [5, 5.41) is 12.8. The Balaban J connectivity index is 1.02. The zero-order valence-corrected chi connectivity index (χ0v) is 34.1. The number of fused-ring (bicyclic) bond motifs is 11. The summed E-state index contributed by atoms with van der Waals surface area (Å²) in [5.74, 6) is 0. The Morgan fingerprint density at radius 2 is 0.371 bits per heavy atom. The fourth-order valence-corrected chi connectivity index (χ4v) is 9.76. The summed E-state index contributed by atoms with van der Waals surface area (Å²) in [7, 11) is 0. The molecule has 12 rings (SSSR count). The molecule has 0 spiro atoms. The van der Waals surface area contributed by atoms with Gasteiger partial charge in [-0.1, -0.05) is 218 Å². The predicted molar refractivity (Wildman–Crippen MR) is 267 cm³/mol. The maximum Gasteiger partial charge on any atom is -0.00137 e. The van der Waals surface area contributed by atoms with Crippen LogP contribution in [0, 0.1) is 0 Å². The third-order valence-corrected chi connectivity index (χ3v) is 12.8.